The van der Waals surface area contributed by atoms with E-state index in [0.29, 0.717) is 5.56 Å². The first kappa shape index (κ1) is 40.2. The molecule has 0 amide bonds. The Hall–Kier alpha value is -5.48. The van der Waals surface area contributed by atoms with Crippen molar-refractivity contribution in [1.29, 1.82) is 0 Å². The second-order valence-electron chi connectivity index (χ2n) is 12.9. The smallest absolute Gasteiger partial charge is 0.507 e. The number of phenols is 4. The van der Waals surface area contributed by atoms with E-state index in [1.165, 1.54) is 55.7 Å². The standard InChI is InChI=1S/C37H38O19/c1-50-24-9-16(4-6-20(24)41)34-25(12-18-21(42)10-17(39)11-23(18)52-34)53-37-35(32(48)29(45)26(13-38)54-37)56-36-33(49)31(47)30(46)27(55-36)14-51-28(44)7-3-15-2-5-19(40)22(43)8-15/h2-12,26-27,29-33,35-38,40-43,45-49H,13-14H2,1H3/p+1/t26-,27-,29-,30-,31+,32+,33-,35-,36+,37-/m1/s1. The Bertz CT molecular complexity index is 2080. The van der Waals surface area contributed by atoms with E-state index >= 15 is 0 Å². The maximum Gasteiger partial charge on any atom is 0.510 e. The van der Waals surface area contributed by atoms with Gasteiger partial charge in [-0.25, -0.2) is 0 Å². The lowest BCUT2D eigenvalue weighted by atomic mass is 9.97. The summed E-state index contributed by atoms with van der Waals surface area (Å²) in [7, 11) is 1.30. The van der Waals surface area contributed by atoms with Crippen LogP contribution in [0.1, 0.15) is 5.56 Å². The van der Waals surface area contributed by atoms with Gasteiger partial charge in [0, 0.05) is 17.7 Å². The van der Waals surface area contributed by atoms with E-state index < -0.39 is 97.5 Å². The van der Waals surface area contributed by atoms with E-state index in [4.69, 9.17) is 32.8 Å². The molecule has 2 aromatic rings. The number of fused-ring (bicyclic) bond motifs is 1. The summed E-state index contributed by atoms with van der Waals surface area (Å²) in [5.41, 5.74) is -0.0194. The zero-order valence-electron chi connectivity index (χ0n) is 29.2. The van der Waals surface area contributed by atoms with Crippen molar-refractivity contribution in [1.82, 2.24) is 0 Å². The van der Waals surface area contributed by atoms with Crippen molar-refractivity contribution in [2.45, 2.75) is 61.4 Å². The lowest BCUT2D eigenvalue weighted by Gasteiger charge is -2.45. The van der Waals surface area contributed by atoms with Crippen molar-refractivity contribution >= 4 is 12.0 Å². The zero-order valence-corrected chi connectivity index (χ0v) is 29.2. The van der Waals surface area contributed by atoms with E-state index in [2.05, 4.69) is 0 Å². The van der Waals surface area contributed by atoms with E-state index in [-0.39, 0.29) is 45.6 Å². The summed E-state index contributed by atoms with van der Waals surface area (Å²) in [5, 5.41) is 104. The largest absolute Gasteiger partial charge is 0.510 e. The molecular weight excluding hydrogens is 748 g/mol. The van der Waals surface area contributed by atoms with Gasteiger partial charge in [0.15, 0.2) is 52.3 Å². The number of aromatic hydroxyl groups is 4. The molecule has 0 bridgehead atoms. The van der Waals surface area contributed by atoms with Gasteiger partial charge in [0.05, 0.1) is 25.4 Å². The van der Waals surface area contributed by atoms with Crippen LogP contribution in [0.2, 0.25) is 0 Å². The molecule has 300 valence electrons. The molecule has 6 rings (SSSR count). The molecule has 56 heavy (non-hydrogen) atoms. The summed E-state index contributed by atoms with van der Waals surface area (Å²) in [6, 6.07) is 11.2. The Morgan fingerprint density at radius 1 is 0.768 bits per heavy atom. The third-order valence-electron chi connectivity index (χ3n) is 9.09. The summed E-state index contributed by atoms with van der Waals surface area (Å²) in [5.74, 6) is -2.60. The Labute approximate surface area is 315 Å². The highest BCUT2D eigenvalue weighted by Gasteiger charge is 2.52. The van der Waals surface area contributed by atoms with Crippen LogP contribution in [0.5, 0.6) is 34.5 Å². The van der Waals surface area contributed by atoms with Crippen molar-refractivity contribution < 1.29 is 88.7 Å². The minimum Gasteiger partial charge on any atom is -0.507 e. The predicted octanol–water partition coefficient (Wildman–Crippen LogP) is -0.514. The van der Waals surface area contributed by atoms with Crippen molar-refractivity contribution in [3.63, 3.8) is 0 Å². The lowest BCUT2D eigenvalue weighted by Crippen LogP contribution is -2.65. The molecule has 3 aliphatic heterocycles. The highest BCUT2D eigenvalue weighted by Crippen LogP contribution is 2.43. The molecule has 19 nitrogen and oxygen atoms in total. The van der Waals surface area contributed by atoms with Crippen LogP contribution in [0.3, 0.4) is 0 Å². The van der Waals surface area contributed by atoms with Crippen molar-refractivity contribution in [2.24, 2.45) is 0 Å². The fraction of sp³-hybridized carbons (Fsp3) is 0.351. The van der Waals surface area contributed by atoms with Gasteiger partial charge in [0.1, 0.15) is 54.2 Å². The maximum atomic E-state index is 12.2. The number of aliphatic hydroxyl groups excluding tert-OH is 6. The SMILES string of the molecule is COc1cc(-c2oc3cc(=O)cc(O)c-3cc2O[C@@H]2O[C@H](CO)[C@@H](O)[C@H](O)[C@H]2O[C@@H]2O[C@H](COC(=[OH+])C=Cc3ccc(O)c(O)c3)[C@@H](O)[C@H](O)[C@H]2O)ccc1O. The molecule has 0 aromatic heterocycles. The van der Waals surface area contributed by atoms with E-state index in [9.17, 15) is 60.7 Å². The highest BCUT2D eigenvalue weighted by molar-refractivity contribution is 5.88. The molecule has 4 aliphatic rings. The summed E-state index contributed by atoms with van der Waals surface area (Å²) in [4.78, 5) is 22.5. The quantitative estimate of drug-likeness (QED) is 0.0396. The van der Waals surface area contributed by atoms with Gasteiger partial charge in [-0.05, 0) is 48.0 Å². The number of carbonyl (C=O) groups excluding carboxylic acids is 1. The Kier molecular flexibility index (Phi) is 12.0. The van der Waals surface area contributed by atoms with Crippen LogP contribution in [-0.4, -0.2) is 144 Å². The van der Waals surface area contributed by atoms with Gasteiger partial charge in [-0.1, -0.05) is 6.07 Å². The van der Waals surface area contributed by atoms with E-state index in [0.717, 1.165) is 18.2 Å². The molecule has 2 fully saturated rings. The topological polar surface area (TPSA) is 309 Å². The number of hydrogen-bond donors (Lipinski definition) is 10. The fourth-order valence-electron chi connectivity index (χ4n) is 6.05. The zero-order chi connectivity index (χ0) is 40.4. The van der Waals surface area contributed by atoms with Crippen molar-refractivity contribution in [2.75, 3.05) is 20.3 Å². The lowest BCUT2D eigenvalue weighted by molar-refractivity contribution is -0.357. The number of rotatable bonds is 11. The fourth-order valence-corrected chi connectivity index (χ4v) is 6.05. The first-order valence-corrected chi connectivity index (χ1v) is 16.9. The van der Waals surface area contributed by atoms with Gasteiger partial charge in [-0.15, -0.1) is 0 Å². The van der Waals surface area contributed by atoms with Gasteiger partial charge in [-0.2, -0.15) is 0 Å². The van der Waals surface area contributed by atoms with Gasteiger partial charge < -0.3 is 88.7 Å². The van der Waals surface area contributed by atoms with Crippen molar-refractivity contribution in [3.8, 4) is 57.1 Å². The molecule has 10 atom stereocenters. The Morgan fingerprint density at radius 2 is 1.48 bits per heavy atom. The van der Waals surface area contributed by atoms with Crippen LogP contribution in [0.25, 0.3) is 28.7 Å². The molecule has 2 saturated heterocycles. The number of ether oxygens (including phenoxy) is 6. The van der Waals surface area contributed by atoms with E-state index in [1.807, 2.05) is 0 Å². The number of phenolic OH excluding ortho intramolecular Hbond substituents is 4. The van der Waals surface area contributed by atoms with Gasteiger partial charge in [-0.3, -0.25) is 4.79 Å². The Morgan fingerprint density at radius 3 is 2.20 bits per heavy atom. The summed E-state index contributed by atoms with van der Waals surface area (Å²) in [6.45, 7) is -1.45. The first-order valence-electron chi connectivity index (χ1n) is 16.9. The van der Waals surface area contributed by atoms with Crippen molar-refractivity contribution in [3.05, 3.63) is 76.5 Å². The van der Waals surface area contributed by atoms with Crippen LogP contribution in [0.4, 0.5) is 0 Å². The number of esters is 1. The summed E-state index contributed by atoms with van der Waals surface area (Å²) in [6.07, 6.45) is -15.5. The predicted molar refractivity (Wildman–Crippen MR) is 189 cm³/mol. The van der Waals surface area contributed by atoms with E-state index in [1.54, 1.807) is 0 Å². The molecule has 2 aromatic carbocycles. The third kappa shape index (κ3) is 8.35. The first-order chi connectivity index (χ1) is 26.7. The average molecular weight is 788 g/mol. The number of hydrogen-bond acceptors (Lipinski definition) is 18. The van der Waals surface area contributed by atoms with Crippen LogP contribution in [-0.2, 0) is 18.9 Å². The van der Waals surface area contributed by atoms with Crippen LogP contribution in [0.15, 0.2) is 69.9 Å². The molecule has 0 saturated carbocycles. The molecule has 3 heterocycles. The molecule has 11 N–H and O–H groups in total. The van der Waals surface area contributed by atoms with Gasteiger partial charge >= 0.3 is 5.97 Å². The normalized spacial score (nSPS) is 28.0. The maximum absolute atomic E-state index is 12.2. The number of benzene rings is 3. The molecular formula is C37H39O19+. The number of methoxy groups -OCH3 is 1. The van der Waals surface area contributed by atoms with Gasteiger partial charge in [0.25, 0.3) is 0 Å². The molecule has 0 radical (unpaired) electrons. The second-order valence-corrected chi connectivity index (χ2v) is 12.9. The molecule has 19 heteroatoms. The third-order valence-corrected chi connectivity index (χ3v) is 9.09. The minimum atomic E-state index is -1.99. The van der Waals surface area contributed by atoms with Gasteiger partial charge in [0.2, 0.25) is 12.9 Å². The number of aliphatic hydroxyl groups is 6. The minimum absolute atomic E-state index is 0.0104. The average Bonchev–Trinajstić information content (AvgIpc) is 3.17. The van der Waals surface area contributed by atoms with Crippen LogP contribution < -0.4 is 14.9 Å². The monoisotopic (exact) mass is 787 g/mol. The summed E-state index contributed by atoms with van der Waals surface area (Å²) < 4.78 is 39.9. The molecule has 1 aliphatic carbocycles. The Balaban J connectivity index is 1.28. The second kappa shape index (κ2) is 16.7. The van der Waals surface area contributed by atoms with Crippen LogP contribution >= 0.6 is 0 Å². The highest BCUT2D eigenvalue weighted by atomic mass is 16.8. The molecule has 0 spiro atoms. The van der Waals surface area contributed by atoms with Crippen LogP contribution in [0, 0.1) is 0 Å². The molecule has 0 unspecified atom stereocenters. The summed E-state index contributed by atoms with van der Waals surface area (Å²) >= 11 is 0.